The van der Waals surface area contributed by atoms with E-state index < -0.39 is 6.09 Å². The number of allylic oxidation sites excluding steroid dienone is 1. The number of Topliss-reactive ketones (excluding diaryl/α,β-unsaturated/α-hetero) is 1. The molecule has 0 radical (unpaired) electrons. The maximum atomic E-state index is 12.7. The van der Waals surface area contributed by atoms with Crippen molar-refractivity contribution in [3.05, 3.63) is 64.9 Å². The van der Waals surface area contributed by atoms with Gasteiger partial charge in [0.25, 0.3) is 0 Å². The van der Waals surface area contributed by atoms with Gasteiger partial charge in [-0.25, -0.2) is 4.79 Å². The minimum atomic E-state index is -0.422. The Hall–Kier alpha value is -3.08. The van der Waals surface area contributed by atoms with Crippen molar-refractivity contribution in [2.75, 3.05) is 13.1 Å². The summed E-state index contributed by atoms with van der Waals surface area (Å²) in [5, 5.41) is 0. The molecule has 0 spiro atoms. The minimum absolute atomic E-state index is 0.0700. The fourth-order valence-electron chi connectivity index (χ4n) is 3.11. The van der Waals surface area contributed by atoms with Crippen LogP contribution in [0.1, 0.15) is 56.1 Å². The van der Waals surface area contributed by atoms with Crippen molar-refractivity contribution in [1.82, 2.24) is 4.90 Å². The fraction of sp³-hybridized carbons (Fsp3) is 0.333. The first-order chi connectivity index (χ1) is 13.7. The summed E-state index contributed by atoms with van der Waals surface area (Å²) in [5.74, 6) is 0.832. The third-order valence-corrected chi connectivity index (χ3v) is 4.94. The zero-order valence-electron chi connectivity index (χ0n) is 17.6. The zero-order chi connectivity index (χ0) is 21.2. The third-order valence-electron chi connectivity index (χ3n) is 4.94. The van der Waals surface area contributed by atoms with E-state index in [1.54, 1.807) is 29.2 Å². The Morgan fingerprint density at radius 3 is 2.31 bits per heavy atom. The van der Waals surface area contributed by atoms with Crippen molar-refractivity contribution in [2.24, 2.45) is 0 Å². The number of carbonyl (C=O) groups is 2. The van der Waals surface area contributed by atoms with Gasteiger partial charge in [-0.1, -0.05) is 45.0 Å². The SMILES string of the molecule is CCN(CC)C(=O)Oc1ccc2c(c1)OC(=Cc1ccc(C(C)(C)C)cc1)C2=O. The van der Waals surface area contributed by atoms with E-state index in [1.807, 2.05) is 26.0 Å². The molecule has 0 saturated carbocycles. The van der Waals surface area contributed by atoms with Crippen LogP contribution in [0.3, 0.4) is 0 Å². The molecule has 0 aromatic heterocycles. The number of fused-ring (bicyclic) bond motifs is 1. The predicted molar refractivity (Wildman–Crippen MR) is 113 cm³/mol. The molecule has 1 aliphatic heterocycles. The van der Waals surface area contributed by atoms with E-state index in [4.69, 9.17) is 9.47 Å². The molecule has 29 heavy (non-hydrogen) atoms. The van der Waals surface area contributed by atoms with E-state index in [0.29, 0.717) is 30.2 Å². The molecule has 2 aromatic carbocycles. The van der Waals surface area contributed by atoms with Crippen molar-refractivity contribution in [3.8, 4) is 11.5 Å². The molecule has 5 nitrogen and oxygen atoms in total. The molecule has 1 aliphatic rings. The number of ketones is 1. The summed E-state index contributed by atoms with van der Waals surface area (Å²) in [4.78, 5) is 26.4. The summed E-state index contributed by atoms with van der Waals surface area (Å²) < 4.78 is 11.2. The first-order valence-corrected chi connectivity index (χ1v) is 9.88. The number of benzene rings is 2. The molecular weight excluding hydrogens is 366 g/mol. The van der Waals surface area contributed by atoms with Crippen LogP contribution in [0.2, 0.25) is 0 Å². The molecule has 152 valence electrons. The summed E-state index contributed by atoms with van der Waals surface area (Å²) in [6, 6.07) is 12.9. The largest absolute Gasteiger partial charge is 0.452 e. The second kappa shape index (κ2) is 8.11. The average molecular weight is 393 g/mol. The Bertz CT molecular complexity index is 948. The summed E-state index contributed by atoms with van der Waals surface area (Å²) in [6.07, 6.45) is 1.31. The van der Waals surface area contributed by atoms with Gasteiger partial charge in [0.1, 0.15) is 11.5 Å². The highest BCUT2D eigenvalue weighted by atomic mass is 16.6. The van der Waals surface area contributed by atoms with Crippen molar-refractivity contribution in [3.63, 3.8) is 0 Å². The Balaban J connectivity index is 1.78. The van der Waals surface area contributed by atoms with Crippen molar-refractivity contribution in [1.29, 1.82) is 0 Å². The molecule has 0 bridgehead atoms. The Morgan fingerprint density at radius 2 is 1.72 bits per heavy atom. The van der Waals surface area contributed by atoms with E-state index in [0.717, 1.165) is 5.56 Å². The number of rotatable bonds is 4. The van der Waals surface area contributed by atoms with Crippen molar-refractivity contribution >= 4 is 18.0 Å². The second-order valence-electron chi connectivity index (χ2n) is 8.01. The number of nitrogens with zero attached hydrogens (tertiary/aromatic N) is 1. The molecular formula is C24H27NO4. The lowest BCUT2D eigenvalue weighted by Gasteiger charge is -2.18. The summed E-state index contributed by atoms with van der Waals surface area (Å²) in [5.41, 5.74) is 2.65. The van der Waals surface area contributed by atoms with Gasteiger partial charge in [-0.2, -0.15) is 0 Å². The van der Waals surface area contributed by atoms with E-state index >= 15 is 0 Å². The van der Waals surface area contributed by atoms with E-state index in [2.05, 4.69) is 32.9 Å². The highest BCUT2D eigenvalue weighted by molar-refractivity contribution is 6.14. The number of hydrogen-bond acceptors (Lipinski definition) is 4. The van der Waals surface area contributed by atoms with E-state index in [9.17, 15) is 9.59 Å². The number of hydrogen-bond donors (Lipinski definition) is 0. The van der Waals surface area contributed by atoms with Gasteiger partial charge in [0.15, 0.2) is 5.76 Å². The summed E-state index contributed by atoms with van der Waals surface area (Å²) >= 11 is 0. The van der Waals surface area contributed by atoms with Gasteiger partial charge in [-0.05, 0) is 48.6 Å². The van der Waals surface area contributed by atoms with Crippen LogP contribution in [0.5, 0.6) is 11.5 Å². The van der Waals surface area contributed by atoms with Crippen LogP contribution in [-0.2, 0) is 5.41 Å². The lowest BCUT2D eigenvalue weighted by atomic mass is 9.86. The zero-order valence-corrected chi connectivity index (χ0v) is 17.6. The van der Waals surface area contributed by atoms with Gasteiger partial charge in [-0.15, -0.1) is 0 Å². The molecule has 0 unspecified atom stereocenters. The molecule has 2 aromatic rings. The topological polar surface area (TPSA) is 55.8 Å². The number of ether oxygens (including phenoxy) is 2. The quantitative estimate of drug-likeness (QED) is 0.649. The van der Waals surface area contributed by atoms with Gasteiger partial charge < -0.3 is 14.4 Å². The normalized spacial score (nSPS) is 14.5. The third kappa shape index (κ3) is 4.50. The first-order valence-electron chi connectivity index (χ1n) is 9.88. The smallest absolute Gasteiger partial charge is 0.415 e. The minimum Gasteiger partial charge on any atom is -0.452 e. The van der Waals surface area contributed by atoms with E-state index in [1.165, 1.54) is 5.56 Å². The highest BCUT2D eigenvalue weighted by Gasteiger charge is 2.28. The van der Waals surface area contributed by atoms with Crippen LogP contribution in [0, 0.1) is 0 Å². The molecule has 3 rings (SSSR count). The lowest BCUT2D eigenvalue weighted by Crippen LogP contribution is -2.33. The number of amides is 1. The number of carbonyl (C=O) groups excluding carboxylic acids is 2. The van der Waals surface area contributed by atoms with Gasteiger partial charge in [-0.3, -0.25) is 4.79 Å². The molecule has 1 amide bonds. The average Bonchev–Trinajstić information content (AvgIpc) is 2.97. The molecule has 0 saturated heterocycles. The van der Waals surface area contributed by atoms with Crippen LogP contribution < -0.4 is 9.47 Å². The maximum Gasteiger partial charge on any atom is 0.415 e. The van der Waals surface area contributed by atoms with Crippen LogP contribution in [0.25, 0.3) is 6.08 Å². The first kappa shape index (κ1) is 20.6. The van der Waals surface area contributed by atoms with Gasteiger partial charge in [0, 0.05) is 19.2 Å². The maximum absolute atomic E-state index is 12.7. The standard InChI is InChI=1S/C24H27NO4/c1-6-25(7-2)23(27)28-18-12-13-19-20(15-18)29-21(22(19)26)14-16-8-10-17(11-9-16)24(3,4)5/h8-15H,6-7H2,1-5H3. The molecule has 5 heteroatoms. The molecule has 1 heterocycles. The van der Waals surface area contributed by atoms with Crippen LogP contribution >= 0.6 is 0 Å². The Morgan fingerprint density at radius 1 is 1.07 bits per heavy atom. The fourth-order valence-corrected chi connectivity index (χ4v) is 3.11. The lowest BCUT2D eigenvalue weighted by molar-refractivity contribution is 0.101. The van der Waals surface area contributed by atoms with Crippen molar-refractivity contribution < 1.29 is 19.1 Å². The Labute approximate surface area is 171 Å². The molecule has 0 atom stereocenters. The molecule has 0 N–H and O–H groups in total. The van der Waals surface area contributed by atoms with Gasteiger partial charge in [0.2, 0.25) is 5.78 Å². The van der Waals surface area contributed by atoms with Crippen molar-refractivity contribution in [2.45, 2.75) is 40.0 Å². The molecule has 0 fully saturated rings. The van der Waals surface area contributed by atoms with Crippen LogP contribution in [0.15, 0.2) is 48.2 Å². The monoisotopic (exact) mass is 393 g/mol. The summed E-state index contributed by atoms with van der Waals surface area (Å²) in [6.45, 7) is 11.4. The van der Waals surface area contributed by atoms with Gasteiger partial charge >= 0.3 is 6.09 Å². The Kier molecular flexibility index (Phi) is 5.78. The van der Waals surface area contributed by atoms with Gasteiger partial charge in [0.05, 0.1) is 5.56 Å². The summed E-state index contributed by atoms with van der Waals surface area (Å²) in [7, 11) is 0. The molecule has 0 aliphatic carbocycles. The van der Waals surface area contributed by atoms with Crippen LogP contribution in [-0.4, -0.2) is 29.9 Å². The van der Waals surface area contributed by atoms with E-state index in [-0.39, 0.29) is 17.0 Å². The second-order valence-corrected chi connectivity index (χ2v) is 8.01. The predicted octanol–water partition coefficient (Wildman–Crippen LogP) is 5.44. The highest BCUT2D eigenvalue weighted by Crippen LogP contribution is 2.35. The van der Waals surface area contributed by atoms with Crippen LogP contribution in [0.4, 0.5) is 4.79 Å².